The Morgan fingerprint density at radius 2 is 1.89 bits per heavy atom. The molecule has 12 nitrogen and oxygen atoms in total. The Hall–Kier alpha value is -3.23. The van der Waals surface area contributed by atoms with E-state index in [1.165, 1.54) is 15.9 Å². The van der Waals surface area contributed by atoms with Crippen LogP contribution >= 0.6 is 0 Å². The number of rotatable bonds is 4. The Morgan fingerprint density at radius 1 is 1.11 bits per heavy atom. The molecule has 3 aliphatic heterocycles. The average Bonchev–Trinajstić information content (AvgIpc) is 3.86. The highest BCUT2D eigenvalue weighted by Crippen LogP contribution is 2.46. The molecule has 3 heterocycles. The third-order valence-corrected chi connectivity index (χ3v) is 11.2. The number of halogens is 2. The molecule has 15 heteroatoms. The van der Waals surface area contributed by atoms with Crippen molar-refractivity contribution in [2.45, 2.75) is 99.9 Å². The molecule has 2 aliphatic carbocycles. The van der Waals surface area contributed by atoms with Crippen LogP contribution in [0, 0.1) is 11.7 Å². The molecule has 2 saturated carbocycles. The van der Waals surface area contributed by atoms with E-state index in [9.17, 15) is 32.0 Å². The number of hydrogen-bond donors (Lipinski definition) is 3. The van der Waals surface area contributed by atoms with E-state index >= 15 is 0 Å². The first kappa shape index (κ1) is 33.1. The molecule has 0 unspecified atom stereocenters. The van der Waals surface area contributed by atoms with Gasteiger partial charge >= 0.3 is 6.09 Å². The van der Waals surface area contributed by atoms with Crippen molar-refractivity contribution in [3.05, 3.63) is 47.3 Å². The smallest absolute Gasteiger partial charge is 0.410 e. The maximum Gasteiger partial charge on any atom is 0.410 e. The number of nitrogens with zero attached hydrogens (tertiary/aromatic N) is 2. The molecule has 1 aromatic carbocycles. The van der Waals surface area contributed by atoms with Gasteiger partial charge in [0.1, 0.15) is 23.5 Å². The predicted molar refractivity (Wildman–Crippen MR) is 154 cm³/mol. The van der Waals surface area contributed by atoms with Crippen LogP contribution < -0.4 is 28.2 Å². The first-order chi connectivity index (χ1) is 21.0. The van der Waals surface area contributed by atoms with Gasteiger partial charge in [0.2, 0.25) is 15.9 Å². The predicted octanol–water partition coefficient (Wildman–Crippen LogP) is -2.13. The van der Waals surface area contributed by atoms with E-state index in [-0.39, 0.29) is 50.8 Å². The average molecular weight is 668 g/mol. The lowest BCUT2D eigenvalue weighted by Gasteiger charge is -2.27. The monoisotopic (exact) mass is 667 g/mol. The summed E-state index contributed by atoms with van der Waals surface area (Å²) in [7, 11) is -3.85. The van der Waals surface area contributed by atoms with Crippen LogP contribution in [-0.4, -0.2) is 77.6 Å². The normalized spacial score (nSPS) is 30.8. The maximum absolute atomic E-state index is 14.2. The van der Waals surface area contributed by atoms with Crippen LogP contribution in [0.15, 0.2) is 30.4 Å². The maximum atomic E-state index is 14.2. The summed E-state index contributed by atoms with van der Waals surface area (Å²) in [6, 6.07) is 2.99. The van der Waals surface area contributed by atoms with Gasteiger partial charge in [-0.2, -0.15) is 0 Å². The lowest BCUT2D eigenvalue weighted by molar-refractivity contribution is -0.407. The Kier molecular flexibility index (Phi) is 9.48. The molecule has 5 atom stereocenters. The fourth-order valence-electron chi connectivity index (χ4n) is 6.52. The van der Waals surface area contributed by atoms with Gasteiger partial charge in [0.05, 0.1) is 18.3 Å². The van der Waals surface area contributed by atoms with E-state index in [2.05, 4.69) is 15.8 Å². The zero-order chi connectivity index (χ0) is 31.2. The third-order valence-electron chi connectivity index (χ3n) is 9.41. The van der Waals surface area contributed by atoms with Crippen LogP contribution in [-0.2, 0) is 42.2 Å². The van der Waals surface area contributed by atoms with Crippen molar-refractivity contribution in [2.24, 2.45) is 5.92 Å². The quantitative estimate of drug-likeness (QED) is 0.308. The summed E-state index contributed by atoms with van der Waals surface area (Å²) in [4.78, 5) is 56.7. The van der Waals surface area contributed by atoms with Crippen molar-refractivity contribution >= 4 is 33.8 Å². The molecule has 0 bridgehead atoms. The van der Waals surface area contributed by atoms with Gasteiger partial charge in [-0.3, -0.25) is 24.0 Å². The molecule has 6 rings (SSSR count). The second-order valence-corrected chi connectivity index (χ2v) is 14.7. The van der Waals surface area contributed by atoms with Crippen molar-refractivity contribution < 1.29 is 54.9 Å². The number of carbonyl (C=O) groups is 4. The lowest BCUT2D eigenvalue weighted by Crippen LogP contribution is -3.00. The Labute approximate surface area is 267 Å². The van der Waals surface area contributed by atoms with Gasteiger partial charge in [-0.15, -0.1) is 0 Å². The fraction of sp³-hybridized carbons (Fsp3) is 0.600. The minimum atomic E-state index is -3.85. The van der Waals surface area contributed by atoms with Crippen molar-refractivity contribution in [2.75, 3.05) is 6.54 Å². The molecule has 0 aromatic heterocycles. The third kappa shape index (κ3) is 6.82. The van der Waals surface area contributed by atoms with Crippen LogP contribution in [0.1, 0.15) is 68.9 Å². The largest absolute Gasteiger partial charge is 1.00 e. The van der Waals surface area contributed by atoms with Crippen LogP contribution in [0.25, 0.3) is 0 Å². The topological polar surface area (TPSA) is 170 Å². The number of sulfonamides is 1. The van der Waals surface area contributed by atoms with Crippen LogP contribution in [0.4, 0.5) is 9.18 Å². The van der Waals surface area contributed by atoms with Gasteiger partial charge in [0.25, 0.3) is 11.8 Å². The SMILES string of the molecule is [Cl-].[NH3+][C@H]1CCCCC/C=C\[C@@H]2C[C@@]2(C(=O)NS(=O)(=O)C2CC2)NC(=O)[C@@H]2C[C@@H](OC(=O)N3Cc4cccc(F)c4C3)CN2C1=O. The molecule has 1 aromatic rings. The molecule has 5 N–H and O–H groups in total. The summed E-state index contributed by atoms with van der Waals surface area (Å²) < 4.78 is 47.4. The standard InChI is InChI=1S/C30H38FN5O7S.ClH/c31-23-9-6-7-18-15-35(17-22(18)23)29(40)43-20-13-25-26(37)33-30(28(39)34-44(41,42)21-11-12-21)14-19(30)8-4-2-1-3-5-10-24(32)27(38)36(25)16-20;/h4,6-9,19-21,24-25H,1-3,5,10-17,32H2,(H,33,37)(H,34,39);1H/b8-4-;/t19-,20-,24+,25+,30-;/m1./s1. The summed E-state index contributed by atoms with van der Waals surface area (Å²) in [6.07, 6.45) is 7.30. The van der Waals surface area contributed by atoms with Gasteiger partial charge in [-0.05, 0) is 50.2 Å². The van der Waals surface area contributed by atoms with Gasteiger partial charge in [-0.1, -0.05) is 30.7 Å². The molecule has 246 valence electrons. The zero-order valence-electron chi connectivity index (χ0n) is 24.9. The first-order valence-corrected chi connectivity index (χ1v) is 16.9. The summed E-state index contributed by atoms with van der Waals surface area (Å²) >= 11 is 0. The lowest BCUT2D eigenvalue weighted by atomic mass is 10.1. The van der Waals surface area contributed by atoms with Crippen molar-refractivity contribution in [1.29, 1.82) is 0 Å². The highest BCUT2D eigenvalue weighted by atomic mass is 35.5. The van der Waals surface area contributed by atoms with E-state index in [0.717, 1.165) is 25.7 Å². The minimum Gasteiger partial charge on any atom is -1.00 e. The molecule has 45 heavy (non-hydrogen) atoms. The molecule has 3 fully saturated rings. The van der Waals surface area contributed by atoms with E-state index in [4.69, 9.17) is 4.74 Å². The molecular weight excluding hydrogens is 629 g/mol. The number of fused-ring (bicyclic) bond motifs is 3. The number of allylic oxidation sites excluding steroid dienone is 1. The Balaban J connectivity index is 0.00000400. The number of benzene rings is 1. The number of hydrogen-bond acceptors (Lipinski definition) is 7. The van der Waals surface area contributed by atoms with Crippen molar-refractivity contribution in [3.8, 4) is 0 Å². The van der Waals surface area contributed by atoms with Gasteiger partial charge in [0, 0.05) is 30.9 Å². The summed E-state index contributed by atoms with van der Waals surface area (Å²) in [5, 5.41) is 2.19. The Morgan fingerprint density at radius 3 is 2.62 bits per heavy atom. The number of amides is 4. The molecule has 0 radical (unpaired) electrons. The number of nitrogens with one attached hydrogen (secondary N) is 2. The minimum absolute atomic E-state index is 0. The van der Waals surface area contributed by atoms with E-state index in [1.807, 2.05) is 12.2 Å². The second kappa shape index (κ2) is 12.9. The number of ether oxygens (including phenoxy) is 1. The second-order valence-electron chi connectivity index (χ2n) is 12.7. The number of carbonyl (C=O) groups excluding carboxylic acids is 4. The zero-order valence-corrected chi connectivity index (χ0v) is 26.5. The van der Waals surface area contributed by atoms with Crippen LogP contribution in [0.5, 0.6) is 0 Å². The summed E-state index contributed by atoms with van der Waals surface area (Å²) in [5.74, 6) is -2.56. The number of quaternary nitrogens is 1. The highest BCUT2D eigenvalue weighted by Gasteiger charge is 2.62. The fourth-order valence-corrected chi connectivity index (χ4v) is 7.88. The summed E-state index contributed by atoms with van der Waals surface area (Å²) in [5.41, 5.74) is 3.70. The van der Waals surface area contributed by atoms with Crippen molar-refractivity contribution in [3.63, 3.8) is 0 Å². The molecule has 1 saturated heterocycles. The first-order valence-electron chi connectivity index (χ1n) is 15.4. The van der Waals surface area contributed by atoms with E-state index in [1.54, 1.807) is 12.1 Å². The van der Waals surface area contributed by atoms with Crippen molar-refractivity contribution in [1.82, 2.24) is 19.8 Å². The van der Waals surface area contributed by atoms with Crippen LogP contribution in [0.2, 0.25) is 0 Å². The van der Waals surface area contributed by atoms with Gasteiger partial charge < -0.3 is 33.1 Å². The molecule has 0 spiro atoms. The van der Waals surface area contributed by atoms with Gasteiger partial charge in [0.15, 0.2) is 6.04 Å². The summed E-state index contributed by atoms with van der Waals surface area (Å²) in [6.45, 7) is 0.197. The van der Waals surface area contributed by atoms with Crippen LogP contribution in [0.3, 0.4) is 0 Å². The Bertz CT molecular complexity index is 1510. The van der Waals surface area contributed by atoms with Gasteiger partial charge in [-0.25, -0.2) is 17.6 Å². The molecule has 4 amide bonds. The van der Waals surface area contributed by atoms with E-state index < -0.39 is 68.6 Å². The van der Waals surface area contributed by atoms with E-state index in [0.29, 0.717) is 30.4 Å². The highest BCUT2D eigenvalue weighted by molar-refractivity contribution is 7.91. The molecule has 5 aliphatic rings. The molecular formula is C30H39ClFN5O7S.